The van der Waals surface area contributed by atoms with Gasteiger partial charge in [0.1, 0.15) is 11.6 Å². The lowest BCUT2D eigenvalue weighted by Crippen LogP contribution is -2.75. The van der Waals surface area contributed by atoms with Crippen molar-refractivity contribution in [3.8, 4) is 0 Å². The maximum Gasteiger partial charge on any atom is 0.249 e. The van der Waals surface area contributed by atoms with Gasteiger partial charge in [-0.15, -0.1) is 0 Å². The van der Waals surface area contributed by atoms with Crippen LogP contribution in [0.15, 0.2) is 0 Å². The van der Waals surface area contributed by atoms with E-state index in [9.17, 15) is 9.59 Å². The van der Waals surface area contributed by atoms with Crippen LogP contribution in [0.1, 0.15) is 53.4 Å². The van der Waals surface area contributed by atoms with Gasteiger partial charge in [-0.05, 0) is 52.4 Å². The van der Waals surface area contributed by atoms with Crippen LogP contribution in [0.5, 0.6) is 0 Å². The number of nitrogens with zero attached hydrogens (tertiary/aromatic N) is 1. The molecule has 0 bridgehead atoms. The van der Waals surface area contributed by atoms with Crippen LogP contribution in [0.2, 0.25) is 0 Å². The zero-order valence-corrected chi connectivity index (χ0v) is 13.4. The van der Waals surface area contributed by atoms with Crippen molar-refractivity contribution in [3.05, 3.63) is 0 Å². The monoisotopic (exact) mass is 294 g/mol. The highest BCUT2D eigenvalue weighted by atomic mass is 16.5. The van der Waals surface area contributed by atoms with Gasteiger partial charge in [-0.3, -0.25) is 9.59 Å². The van der Waals surface area contributed by atoms with Gasteiger partial charge in [-0.25, -0.2) is 0 Å². The van der Waals surface area contributed by atoms with Crippen LogP contribution in [0.3, 0.4) is 0 Å². The van der Waals surface area contributed by atoms with Crippen LogP contribution in [0.4, 0.5) is 0 Å². The van der Waals surface area contributed by atoms with E-state index in [1.165, 1.54) is 0 Å². The Morgan fingerprint density at radius 2 is 2.00 bits per heavy atom. The van der Waals surface area contributed by atoms with E-state index >= 15 is 0 Å². The summed E-state index contributed by atoms with van der Waals surface area (Å²) in [6, 6.07) is -0.376. The first-order valence-electron chi connectivity index (χ1n) is 8.12. The smallest absolute Gasteiger partial charge is 0.249 e. The zero-order chi connectivity index (χ0) is 15.4. The predicted molar refractivity (Wildman–Crippen MR) is 78.6 cm³/mol. The number of carbonyl (C=O) groups is 2. The third-order valence-electron chi connectivity index (χ3n) is 5.84. The standard InChI is InChI=1S/C16H26N2O3/c1-5-12-13(19)17-16(4,11-6-7-11)14(20)18(12)15(3)8-9-21-10(15)2/h10-12H,5-9H2,1-4H3,(H,17,19). The van der Waals surface area contributed by atoms with Crippen molar-refractivity contribution in [3.63, 3.8) is 0 Å². The van der Waals surface area contributed by atoms with Crippen LogP contribution in [0.25, 0.3) is 0 Å². The van der Waals surface area contributed by atoms with E-state index in [1.807, 2.05) is 25.7 Å². The Bertz CT molecular complexity index is 476. The minimum absolute atomic E-state index is 0.00757. The maximum atomic E-state index is 13.2. The molecule has 2 aliphatic heterocycles. The molecule has 2 saturated heterocycles. The highest BCUT2D eigenvalue weighted by Gasteiger charge is 2.60. The first kappa shape index (κ1) is 14.8. The highest BCUT2D eigenvalue weighted by Crippen LogP contribution is 2.45. The number of amides is 2. The lowest BCUT2D eigenvalue weighted by Gasteiger charge is -2.52. The largest absolute Gasteiger partial charge is 0.376 e. The van der Waals surface area contributed by atoms with Gasteiger partial charge >= 0.3 is 0 Å². The molecule has 0 radical (unpaired) electrons. The molecule has 5 heteroatoms. The minimum Gasteiger partial charge on any atom is -0.376 e. The SMILES string of the molecule is CCC1C(=O)NC(C)(C2CC2)C(=O)N1C1(C)CCOC1C. The average Bonchev–Trinajstić information content (AvgIpc) is 3.22. The van der Waals surface area contributed by atoms with Crippen molar-refractivity contribution in [2.45, 2.75) is 76.6 Å². The summed E-state index contributed by atoms with van der Waals surface area (Å²) < 4.78 is 5.72. The molecule has 2 amide bonds. The van der Waals surface area contributed by atoms with Crippen LogP contribution in [-0.4, -0.2) is 46.5 Å². The highest BCUT2D eigenvalue weighted by molar-refractivity contribution is 6.00. The van der Waals surface area contributed by atoms with Crippen molar-refractivity contribution < 1.29 is 14.3 Å². The average molecular weight is 294 g/mol. The molecule has 118 valence electrons. The zero-order valence-electron chi connectivity index (χ0n) is 13.4. The molecule has 3 aliphatic rings. The van der Waals surface area contributed by atoms with E-state index < -0.39 is 5.54 Å². The Hall–Kier alpha value is -1.10. The van der Waals surface area contributed by atoms with Crippen molar-refractivity contribution in [2.75, 3.05) is 6.61 Å². The molecule has 4 unspecified atom stereocenters. The quantitative estimate of drug-likeness (QED) is 0.857. The molecular formula is C16H26N2O3. The van der Waals surface area contributed by atoms with Crippen LogP contribution < -0.4 is 5.32 Å². The molecule has 4 atom stereocenters. The van der Waals surface area contributed by atoms with Gasteiger partial charge in [0.05, 0.1) is 11.6 Å². The number of hydrogen-bond acceptors (Lipinski definition) is 3. The number of rotatable bonds is 3. The summed E-state index contributed by atoms with van der Waals surface area (Å²) in [6.07, 6.45) is 3.45. The number of carbonyl (C=O) groups excluding carboxylic acids is 2. The Balaban J connectivity index is 2.01. The molecule has 21 heavy (non-hydrogen) atoms. The summed E-state index contributed by atoms with van der Waals surface area (Å²) in [4.78, 5) is 27.7. The molecule has 0 aromatic carbocycles. The third kappa shape index (κ3) is 2.00. The lowest BCUT2D eigenvalue weighted by atomic mass is 9.82. The second-order valence-electron chi connectivity index (χ2n) is 7.19. The number of ether oxygens (including phenoxy) is 1. The normalized spacial score (nSPS) is 44.1. The van der Waals surface area contributed by atoms with Crippen LogP contribution in [-0.2, 0) is 14.3 Å². The van der Waals surface area contributed by atoms with Crippen molar-refractivity contribution in [2.24, 2.45) is 5.92 Å². The summed E-state index contributed by atoms with van der Waals surface area (Å²) in [6.45, 7) is 8.59. The van der Waals surface area contributed by atoms with Crippen molar-refractivity contribution >= 4 is 11.8 Å². The minimum atomic E-state index is -0.728. The molecule has 0 aromatic heterocycles. The van der Waals surface area contributed by atoms with Gasteiger partial charge < -0.3 is 15.0 Å². The number of hydrogen-bond donors (Lipinski definition) is 1. The van der Waals surface area contributed by atoms with E-state index in [-0.39, 0.29) is 35.4 Å². The number of nitrogens with one attached hydrogen (secondary N) is 1. The molecule has 3 rings (SSSR count). The van der Waals surface area contributed by atoms with Gasteiger partial charge in [0.25, 0.3) is 0 Å². The van der Waals surface area contributed by atoms with Crippen LogP contribution in [0, 0.1) is 5.92 Å². The second-order valence-corrected chi connectivity index (χ2v) is 7.19. The van der Waals surface area contributed by atoms with Gasteiger partial charge in [-0.1, -0.05) is 6.92 Å². The van der Waals surface area contributed by atoms with E-state index in [1.54, 1.807) is 0 Å². The van der Waals surface area contributed by atoms with Gasteiger partial charge in [0.15, 0.2) is 0 Å². The fourth-order valence-electron chi connectivity index (χ4n) is 3.94. The fraction of sp³-hybridized carbons (Fsp3) is 0.875. The van der Waals surface area contributed by atoms with Gasteiger partial charge in [0.2, 0.25) is 11.8 Å². The van der Waals surface area contributed by atoms with Crippen LogP contribution >= 0.6 is 0 Å². The molecule has 0 aromatic rings. The topological polar surface area (TPSA) is 58.6 Å². The van der Waals surface area contributed by atoms with Gasteiger partial charge in [-0.2, -0.15) is 0 Å². The lowest BCUT2D eigenvalue weighted by molar-refractivity contribution is -0.165. The van der Waals surface area contributed by atoms with Gasteiger partial charge in [0, 0.05) is 6.61 Å². The Labute approximate surface area is 126 Å². The van der Waals surface area contributed by atoms with E-state index in [4.69, 9.17) is 4.74 Å². The Morgan fingerprint density at radius 3 is 2.48 bits per heavy atom. The molecule has 2 heterocycles. The summed E-state index contributed by atoms with van der Waals surface area (Å²) in [5.74, 6) is 0.360. The summed E-state index contributed by atoms with van der Waals surface area (Å²) in [5, 5.41) is 3.02. The van der Waals surface area contributed by atoms with Crippen molar-refractivity contribution in [1.29, 1.82) is 0 Å². The van der Waals surface area contributed by atoms with Crippen molar-refractivity contribution in [1.82, 2.24) is 10.2 Å². The summed E-state index contributed by atoms with van der Waals surface area (Å²) in [5.41, 5.74) is -1.11. The molecular weight excluding hydrogens is 268 g/mol. The molecule has 1 N–H and O–H groups in total. The third-order valence-corrected chi connectivity index (χ3v) is 5.84. The molecule has 3 fully saturated rings. The molecule has 1 saturated carbocycles. The maximum absolute atomic E-state index is 13.2. The second kappa shape index (κ2) is 4.70. The first-order chi connectivity index (χ1) is 9.84. The summed E-state index contributed by atoms with van der Waals surface area (Å²) >= 11 is 0. The van der Waals surface area contributed by atoms with E-state index in [0.29, 0.717) is 13.0 Å². The Morgan fingerprint density at radius 1 is 1.33 bits per heavy atom. The Kier molecular flexibility index (Phi) is 3.32. The molecule has 5 nitrogen and oxygen atoms in total. The molecule has 0 spiro atoms. The first-order valence-corrected chi connectivity index (χ1v) is 8.12. The van der Waals surface area contributed by atoms with E-state index in [0.717, 1.165) is 19.3 Å². The predicted octanol–water partition coefficient (Wildman–Crippen LogP) is 1.46. The molecule has 1 aliphatic carbocycles. The van der Waals surface area contributed by atoms with E-state index in [2.05, 4.69) is 12.2 Å². The number of piperazine rings is 1. The fourth-order valence-corrected chi connectivity index (χ4v) is 3.94. The summed E-state index contributed by atoms with van der Waals surface area (Å²) in [7, 11) is 0.